The molecule has 0 radical (unpaired) electrons. The van der Waals surface area contributed by atoms with Crippen LogP contribution in [0.3, 0.4) is 0 Å². The zero-order valence-corrected chi connectivity index (χ0v) is 4.70. The molecule has 0 bridgehead atoms. The zero-order chi connectivity index (χ0) is 6.99. The highest BCUT2D eigenvalue weighted by Gasteiger charge is 1.86. The van der Waals surface area contributed by atoms with Crippen molar-refractivity contribution in [2.24, 2.45) is 5.73 Å². The molecule has 0 rings (SSSR count). The molecule has 0 amide bonds. The molecule has 0 aromatic rings. The van der Waals surface area contributed by atoms with Gasteiger partial charge in [-0.25, -0.2) is 0 Å². The molecule has 0 saturated carbocycles. The molecule has 52 valence electrons. The largest absolute Gasteiger partial charge is 0.379 e. The minimum absolute atomic E-state index is 0.819. The van der Waals surface area contributed by atoms with Crippen LogP contribution in [0.2, 0.25) is 0 Å². The van der Waals surface area contributed by atoms with E-state index in [0.29, 0.717) is 0 Å². The summed E-state index contributed by atoms with van der Waals surface area (Å²) in [7, 11) is 0. The van der Waals surface area contributed by atoms with Gasteiger partial charge in [-0.3, -0.25) is 0 Å². The van der Waals surface area contributed by atoms with Gasteiger partial charge in [0, 0.05) is 0 Å². The van der Waals surface area contributed by atoms with Gasteiger partial charge in [0.2, 0.25) is 0 Å². The van der Waals surface area contributed by atoms with Crippen molar-refractivity contribution in [1.82, 2.24) is 0 Å². The fraction of sp³-hybridized carbons (Fsp3) is 1.00. The van der Waals surface area contributed by atoms with Crippen LogP contribution in [-0.2, 0) is 0 Å². The Hall–Kier alpha value is -0.250. The minimum Gasteiger partial charge on any atom is -0.330 e. The molecule has 0 aliphatic heterocycles. The van der Waals surface area contributed by atoms with E-state index in [1.54, 1.807) is 0 Å². The van der Waals surface area contributed by atoms with Crippen molar-refractivity contribution in [3.05, 3.63) is 0 Å². The lowest BCUT2D eigenvalue weighted by Gasteiger charge is -1.70. The molecule has 8 heavy (non-hydrogen) atoms. The van der Waals surface area contributed by atoms with Crippen molar-refractivity contribution in [3.8, 4) is 0 Å². The minimum atomic E-state index is -3.67. The van der Waals surface area contributed by atoms with E-state index in [9.17, 15) is 13.2 Å². The molecule has 0 saturated heterocycles. The summed E-state index contributed by atoms with van der Waals surface area (Å²) < 4.78 is 29.0. The van der Waals surface area contributed by atoms with Crippen molar-refractivity contribution >= 4 is 0 Å². The van der Waals surface area contributed by atoms with Gasteiger partial charge in [0.15, 0.2) is 0 Å². The number of rotatable bonds is 1. The third-order valence-electron chi connectivity index (χ3n) is 0.289. The number of halogens is 3. The molecule has 0 atom stereocenters. The second-order valence-electron chi connectivity index (χ2n) is 1.04. The van der Waals surface area contributed by atoms with E-state index in [-0.39, 0.29) is 0 Å². The number of hydrogen-bond acceptors (Lipinski definition) is 1. The molecule has 0 spiro atoms. The van der Waals surface area contributed by atoms with Crippen LogP contribution in [-0.4, -0.2) is 13.2 Å². The maximum absolute atomic E-state index is 9.67. The summed E-state index contributed by atoms with van der Waals surface area (Å²) >= 11 is 0. The highest BCUT2D eigenvalue weighted by molar-refractivity contribution is 4.19. The molecule has 2 N–H and O–H groups in total. The smallest absolute Gasteiger partial charge is 0.330 e. The fourth-order valence-corrected chi connectivity index (χ4v) is 0. The summed E-state index contributed by atoms with van der Waals surface area (Å²) in [5.41, 5.74) is 5.03. The number of nitrogens with two attached hydrogens (primary N) is 1. The van der Waals surface area contributed by atoms with Crippen LogP contribution < -0.4 is 5.73 Å². The summed E-state index contributed by atoms with van der Waals surface area (Å²) in [6.07, 6.45) is 1.10. The molecule has 0 aliphatic rings. The van der Waals surface area contributed by atoms with E-state index in [1.807, 2.05) is 0 Å². The predicted molar refractivity (Wildman–Crippen MR) is 26.5 cm³/mol. The van der Waals surface area contributed by atoms with Gasteiger partial charge in [-0.05, 0) is 13.0 Å². The maximum atomic E-state index is 9.67. The average Bonchev–Trinajstić information content (AvgIpc) is 1.65. The number of alkyl halides is 3. The summed E-state index contributed by atoms with van der Waals surface area (Å²) in [5, 5.41) is 0. The van der Waals surface area contributed by atoms with Gasteiger partial charge >= 0.3 is 6.68 Å². The molecule has 1 nitrogen and oxygen atoms in total. The Bertz CT molecular complexity index is 27.7. The molecule has 0 heterocycles. The molecule has 0 aromatic heterocycles. The van der Waals surface area contributed by atoms with E-state index < -0.39 is 6.68 Å². The lowest BCUT2D eigenvalue weighted by atomic mass is 10.5. The highest BCUT2D eigenvalue weighted by atomic mass is 19.4. The first-order chi connectivity index (χ1) is 3.65. The van der Waals surface area contributed by atoms with Crippen LogP contribution in [0.4, 0.5) is 13.2 Å². The standard InChI is InChI=1S/C3H9N.CHF3/c1-2-3-4;2-1(3)4/h2-4H2,1H3;1H. The van der Waals surface area contributed by atoms with Crippen LogP contribution in [0.25, 0.3) is 0 Å². The highest BCUT2D eigenvalue weighted by Crippen LogP contribution is 1.87. The SMILES string of the molecule is CCCN.FC(F)F. The van der Waals surface area contributed by atoms with Gasteiger partial charge in [0.25, 0.3) is 0 Å². The van der Waals surface area contributed by atoms with E-state index in [4.69, 9.17) is 5.73 Å². The van der Waals surface area contributed by atoms with E-state index >= 15 is 0 Å². The van der Waals surface area contributed by atoms with Crippen molar-refractivity contribution in [2.45, 2.75) is 20.0 Å². The Morgan fingerprint density at radius 3 is 1.50 bits per heavy atom. The summed E-state index contributed by atoms with van der Waals surface area (Å²) in [6.45, 7) is -0.792. The monoisotopic (exact) mass is 129 g/mol. The molecule has 0 aromatic carbocycles. The molecular weight excluding hydrogens is 119 g/mol. The Labute approximate surface area is 46.7 Å². The predicted octanol–water partition coefficient (Wildman–Crippen LogP) is 1.53. The Morgan fingerprint density at radius 2 is 1.50 bits per heavy atom. The normalized spacial score (nSPS) is 8.25. The van der Waals surface area contributed by atoms with Crippen molar-refractivity contribution in [1.29, 1.82) is 0 Å². The van der Waals surface area contributed by atoms with E-state index in [0.717, 1.165) is 13.0 Å². The van der Waals surface area contributed by atoms with E-state index in [1.165, 1.54) is 0 Å². The molecule has 4 heteroatoms. The van der Waals surface area contributed by atoms with Gasteiger partial charge in [-0.1, -0.05) is 6.92 Å². The summed E-state index contributed by atoms with van der Waals surface area (Å²) in [6, 6.07) is 0. The fourth-order valence-electron chi connectivity index (χ4n) is 0. The lowest BCUT2D eigenvalue weighted by molar-refractivity contribution is 0.00819. The zero-order valence-electron chi connectivity index (χ0n) is 4.70. The second-order valence-corrected chi connectivity index (χ2v) is 1.04. The third-order valence-corrected chi connectivity index (χ3v) is 0.289. The van der Waals surface area contributed by atoms with Crippen molar-refractivity contribution in [2.75, 3.05) is 6.54 Å². The van der Waals surface area contributed by atoms with Gasteiger partial charge in [-0.2, -0.15) is 13.2 Å². The quantitative estimate of drug-likeness (QED) is 0.570. The van der Waals surface area contributed by atoms with Gasteiger partial charge in [-0.15, -0.1) is 0 Å². The average molecular weight is 129 g/mol. The van der Waals surface area contributed by atoms with Crippen LogP contribution in [0.15, 0.2) is 0 Å². The van der Waals surface area contributed by atoms with Crippen LogP contribution in [0.1, 0.15) is 13.3 Å². The summed E-state index contributed by atoms with van der Waals surface area (Å²) in [5.74, 6) is 0. The first-order valence-corrected chi connectivity index (χ1v) is 2.27. The third kappa shape index (κ3) is 231. The second kappa shape index (κ2) is 9.89. The van der Waals surface area contributed by atoms with Gasteiger partial charge in [0.05, 0.1) is 0 Å². The molecular formula is C4H10F3N. The van der Waals surface area contributed by atoms with Crippen LogP contribution in [0.5, 0.6) is 0 Å². The summed E-state index contributed by atoms with van der Waals surface area (Å²) in [4.78, 5) is 0. The van der Waals surface area contributed by atoms with Crippen molar-refractivity contribution < 1.29 is 13.2 Å². The molecule has 0 aliphatic carbocycles. The van der Waals surface area contributed by atoms with Crippen LogP contribution >= 0.6 is 0 Å². The Balaban J connectivity index is 0. The Morgan fingerprint density at radius 1 is 1.38 bits per heavy atom. The first-order valence-electron chi connectivity index (χ1n) is 2.27. The Kier molecular flexibility index (Phi) is 13.2. The van der Waals surface area contributed by atoms with Gasteiger partial charge in [0.1, 0.15) is 0 Å². The van der Waals surface area contributed by atoms with Gasteiger partial charge < -0.3 is 5.73 Å². The molecule has 0 unspecified atom stereocenters. The lowest BCUT2D eigenvalue weighted by Crippen LogP contribution is -1.93. The van der Waals surface area contributed by atoms with E-state index in [2.05, 4.69) is 6.92 Å². The van der Waals surface area contributed by atoms with Crippen LogP contribution in [0, 0.1) is 0 Å². The maximum Gasteiger partial charge on any atom is 0.379 e. The first kappa shape index (κ1) is 10.7. The topological polar surface area (TPSA) is 26.0 Å². The molecule has 0 fully saturated rings. The number of hydrogen-bond donors (Lipinski definition) is 1. The van der Waals surface area contributed by atoms with Crippen molar-refractivity contribution in [3.63, 3.8) is 0 Å².